The molecule has 0 spiro atoms. The lowest BCUT2D eigenvalue weighted by Crippen LogP contribution is -1.97. The van der Waals surface area contributed by atoms with Crippen LogP contribution in [0.15, 0.2) is 24.3 Å². The molecule has 1 aliphatic rings. The summed E-state index contributed by atoms with van der Waals surface area (Å²) in [6, 6.07) is 5.92. The first kappa shape index (κ1) is 12.4. The second kappa shape index (κ2) is 4.78. The van der Waals surface area contributed by atoms with Crippen molar-refractivity contribution in [2.45, 2.75) is 25.7 Å². The van der Waals surface area contributed by atoms with Gasteiger partial charge in [0, 0.05) is 12.0 Å². The van der Waals surface area contributed by atoms with Gasteiger partial charge in [0.15, 0.2) is 0 Å². The lowest BCUT2D eigenvalue weighted by molar-refractivity contribution is 0.453. The third kappa shape index (κ3) is 2.84. The number of hydrogen-bond acceptors (Lipinski definition) is 3. The zero-order valence-corrected chi connectivity index (χ0v) is 11.1. The number of ether oxygens (including phenoxy) is 1. The number of halogens is 2. The molecule has 3 rings (SSSR count). The summed E-state index contributed by atoms with van der Waals surface area (Å²) in [5.74, 6) is 1.80. The average molecular weight is 279 g/mol. The molecule has 0 bridgehead atoms. The standard InChI is InChI=1S/C14H12ClFN2O/c1-8-6-10(16)4-5-11(8)19-13-7-12(15)17-14(18-13)9-2-3-9/h4-7,9H,2-3H2,1H3. The van der Waals surface area contributed by atoms with E-state index in [-0.39, 0.29) is 5.82 Å². The van der Waals surface area contributed by atoms with Gasteiger partial charge in [-0.3, -0.25) is 0 Å². The molecule has 98 valence electrons. The van der Waals surface area contributed by atoms with E-state index in [1.165, 1.54) is 12.1 Å². The number of nitrogens with zero attached hydrogens (tertiary/aromatic N) is 2. The van der Waals surface area contributed by atoms with Crippen molar-refractivity contribution in [2.24, 2.45) is 0 Å². The molecule has 0 amide bonds. The van der Waals surface area contributed by atoms with E-state index in [2.05, 4.69) is 9.97 Å². The van der Waals surface area contributed by atoms with Crippen molar-refractivity contribution >= 4 is 11.6 Å². The van der Waals surface area contributed by atoms with Gasteiger partial charge in [-0.15, -0.1) is 0 Å². The van der Waals surface area contributed by atoms with Crippen LogP contribution in [-0.2, 0) is 0 Å². The molecule has 2 aromatic rings. The number of hydrogen-bond donors (Lipinski definition) is 0. The summed E-state index contributed by atoms with van der Waals surface area (Å²) in [7, 11) is 0. The minimum Gasteiger partial charge on any atom is -0.439 e. The molecule has 1 aromatic carbocycles. The highest BCUT2D eigenvalue weighted by atomic mass is 35.5. The van der Waals surface area contributed by atoms with Gasteiger partial charge in [0.05, 0.1) is 0 Å². The summed E-state index contributed by atoms with van der Waals surface area (Å²) in [6.07, 6.45) is 2.19. The first-order chi connectivity index (χ1) is 9.11. The molecule has 5 heteroatoms. The van der Waals surface area contributed by atoms with Crippen LogP contribution in [-0.4, -0.2) is 9.97 Å². The van der Waals surface area contributed by atoms with Crippen molar-refractivity contribution in [3.8, 4) is 11.6 Å². The fourth-order valence-corrected chi connectivity index (χ4v) is 2.01. The van der Waals surface area contributed by atoms with E-state index in [1.54, 1.807) is 19.1 Å². The Morgan fingerprint density at radius 1 is 1.26 bits per heavy atom. The Bertz CT molecular complexity index is 629. The van der Waals surface area contributed by atoms with Crippen LogP contribution in [0.3, 0.4) is 0 Å². The predicted octanol–water partition coefficient (Wildman–Crippen LogP) is 4.25. The molecule has 3 nitrogen and oxygen atoms in total. The van der Waals surface area contributed by atoms with Gasteiger partial charge in [-0.25, -0.2) is 9.37 Å². The van der Waals surface area contributed by atoms with Crippen molar-refractivity contribution in [1.82, 2.24) is 9.97 Å². The van der Waals surface area contributed by atoms with Gasteiger partial charge in [0.2, 0.25) is 5.88 Å². The molecule has 1 fully saturated rings. The molecule has 1 aliphatic carbocycles. The largest absolute Gasteiger partial charge is 0.439 e. The lowest BCUT2D eigenvalue weighted by Gasteiger charge is -2.09. The second-order valence-corrected chi connectivity index (χ2v) is 5.06. The molecular formula is C14H12ClFN2O. The Morgan fingerprint density at radius 2 is 2.05 bits per heavy atom. The van der Waals surface area contributed by atoms with Gasteiger partial charge < -0.3 is 4.74 Å². The van der Waals surface area contributed by atoms with Crippen molar-refractivity contribution in [2.75, 3.05) is 0 Å². The zero-order valence-electron chi connectivity index (χ0n) is 10.4. The smallest absolute Gasteiger partial charge is 0.224 e. The maximum Gasteiger partial charge on any atom is 0.224 e. The van der Waals surface area contributed by atoms with E-state index in [0.717, 1.165) is 18.7 Å². The number of rotatable bonds is 3. The molecule has 0 N–H and O–H groups in total. The molecule has 0 aliphatic heterocycles. The minimum absolute atomic E-state index is 0.288. The highest BCUT2D eigenvalue weighted by molar-refractivity contribution is 6.29. The van der Waals surface area contributed by atoms with Crippen LogP contribution in [0, 0.1) is 12.7 Å². The van der Waals surface area contributed by atoms with E-state index in [4.69, 9.17) is 16.3 Å². The second-order valence-electron chi connectivity index (χ2n) is 4.67. The normalized spacial score (nSPS) is 14.5. The minimum atomic E-state index is -0.288. The van der Waals surface area contributed by atoms with Crippen molar-refractivity contribution in [1.29, 1.82) is 0 Å². The first-order valence-electron chi connectivity index (χ1n) is 6.10. The van der Waals surface area contributed by atoms with E-state index in [0.29, 0.717) is 28.3 Å². The summed E-state index contributed by atoms with van der Waals surface area (Å²) >= 11 is 5.96. The van der Waals surface area contributed by atoms with E-state index >= 15 is 0 Å². The van der Waals surface area contributed by atoms with Gasteiger partial charge in [0.1, 0.15) is 22.5 Å². The fraction of sp³-hybridized carbons (Fsp3) is 0.286. The quantitative estimate of drug-likeness (QED) is 0.788. The molecule has 19 heavy (non-hydrogen) atoms. The SMILES string of the molecule is Cc1cc(F)ccc1Oc1cc(Cl)nc(C2CC2)n1. The van der Waals surface area contributed by atoms with E-state index in [9.17, 15) is 4.39 Å². The Labute approximate surface area is 115 Å². The van der Waals surface area contributed by atoms with Gasteiger partial charge in [-0.1, -0.05) is 11.6 Å². The van der Waals surface area contributed by atoms with E-state index in [1.807, 2.05) is 0 Å². The summed E-state index contributed by atoms with van der Waals surface area (Å²) in [5.41, 5.74) is 0.711. The predicted molar refractivity (Wildman–Crippen MR) is 70.2 cm³/mol. The third-order valence-corrected chi connectivity index (χ3v) is 3.18. The molecule has 1 heterocycles. The van der Waals surface area contributed by atoms with Crippen LogP contribution >= 0.6 is 11.6 Å². The Hall–Kier alpha value is -1.68. The summed E-state index contributed by atoms with van der Waals surface area (Å²) in [5, 5.41) is 0.367. The van der Waals surface area contributed by atoms with Crippen molar-refractivity contribution in [3.63, 3.8) is 0 Å². The maximum atomic E-state index is 13.0. The number of aromatic nitrogens is 2. The van der Waals surface area contributed by atoms with Crippen molar-refractivity contribution < 1.29 is 9.13 Å². The van der Waals surface area contributed by atoms with Gasteiger partial charge in [0.25, 0.3) is 0 Å². The van der Waals surface area contributed by atoms with Crippen LogP contribution < -0.4 is 4.74 Å². The van der Waals surface area contributed by atoms with Gasteiger partial charge >= 0.3 is 0 Å². The average Bonchev–Trinajstić information content (AvgIpc) is 3.16. The number of benzene rings is 1. The highest BCUT2D eigenvalue weighted by Crippen LogP contribution is 2.39. The van der Waals surface area contributed by atoms with E-state index < -0.39 is 0 Å². The van der Waals surface area contributed by atoms with Crippen molar-refractivity contribution in [3.05, 3.63) is 46.6 Å². The van der Waals surface area contributed by atoms with Crippen LogP contribution in [0.5, 0.6) is 11.6 Å². The monoisotopic (exact) mass is 278 g/mol. The molecule has 0 saturated heterocycles. The molecule has 0 atom stereocenters. The van der Waals surface area contributed by atoms with Crippen LogP contribution in [0.4, 0.5) is 4.39 Å². The van der Waals surface area contributed by atoms with Crippen LogP contribution in [0.1, 0.15) is 30.1 Å². The zero-order chi connectivity index (χ0) is 13.4. The molecule has 1 aromatic heterocycles. The molecule has 0 radical (unpaired) electrons. The summed E-state index contributed by atoms with van der Waals surface area (Å²) in [4.78, 5) is 8.53. The molecular weight excluding hydrogens is 267 g/mol. The molecule has 1 saturated carbocycles. The summed E-state index contributed by atoms with van der Waals surface area (Å²) < 4.78 is 18.7. The lowest BCUT2D eigenvalue weighted by atomic mass is 10.2. The fourth-order valence-electron chi connectivity index (χ4n) is 1.83. The number of aryl methyl sites for hydroxylation is 1. The topological polar surface area (TPSA) is 35.0 Å². The Morgan fingerprint density at radius 3 is 2.74 bits per heavy atom. The molecule has 0 unspecified atom stereocenters. The highest BCUT2D eigenvalue weighted by Gasteiger charge is 2.27. The summed E-state index contributed by atoms with van der Waals surface area (Å²) in [6.45, 7) is 1.78. The Kier molecular flexibility index (Phi) is 3.11. The maximum absolute atomic E-state index is 13.0. The first-order valence-corrected chi connectivity index (χ1v) is 6.48. The van der Waals surface area contributed by atoms with Gasteiger partial charge in [-0.05, 0) is 43.5 Å². The third-order valence-electron chi connectivity index (χ3n) is 2.98. The van der Waals surface area contributed by atoms with Crippen LogP contribution in [0.2, 0.25) is 5.15 Å². The Balaban J connectivity index is 1.89. The van der Waals surface area contributed by atoms with Gasteiger partial charge in [-0.2, -0.15) is 4.98 Å². The van der Waals surface area contributed by atoms with Crippen LogP contribution in [0.25, 0.3) is 0 Å².